The van der Waals surface area contributed by atoms with Crippen molar-refractivity contribution < 1.29 is 18.9 Å². The molecule has 288 valence electrons. The number of halogens is 3. The highest BCUT2D eigenvalue weighted by Gasteiger charge is 2.35. The largest absolute Gasteiger partial charge is 0.493 e. The molecule has 0 bridgehead atoms. The zero-order valence-corrected chi connectivity index (χ0v) is 34.6. The molecule has 0 spiro atoms. The molecule has 0 amide bonds. The minimum Gasteiger partial charge on any atom is -0.493 e. The van der Waals surface area contributed by atoms with E-state index in [0.717, 1.165) is 83.9 Å². The van der Waals surface area contributed by atoms with Crippen LogP contribution in [-0.4, -0.2) is 67.4 Å². The summed E-state index contributed by atoms with van der Waals surface area (Å²) in [4.78, 5) is 2.40. The number of fused-ring (bicyclic) bond motifs is 2. The van der Waals surface area contributed by atoms with Crippen LogP contribution in [0.1, 0.15) is 26.7 Å². The second-order valence-electron chi connectivity index (χ2n) is 14.4. The van der Waals surface area contributed by atoms with Crippen LogP contribution in [0.2, 0.25) is 10.0 Å². The zero-order valence-electron chi connectivity index (χ0n) is 31.5. The van der Waals surface area contributed by atoms with Gasteiger partial charge >= 0.3 is 0 Å². The summed E-state index contributed by atoms with van der Waals surface area (Å²) in [5, 5.41) is 10.5. The maximum atomic E-state index is 6.22. The SMILES string of the molecule is BrCCOc1ccc2ccccc2c1.CC1(Oc2ccc(Cl)cc2)CCN(CCOc2ccc3ccccc3c2)C1.CC1(Oc2ccc(Cl)cc2)CCNC1. The first kappa shape index (κ1) is 40.7. The van der Waals surface area contributed by atoms with E-state index < -0.39 is 0 Å². The lowest BCUT2D eigenvalue weighted by Gasteiger charge is -2.26. The Balaban J connectivity index is 0.000000155. The minimum atomic E-state index is -0.170. The van der Waals surface area contributed by atoms with Crippen molar-refractivity contribution in [2.75, 3.05) is 51.3 Å². The van der Waals surface area contributed by atoms with Crippen molar-refractivity contribution >= 4 is 60.7 Å². The Hall–Kier alpha value is -3.98. The van der Waals surface area contributed by atoms with Crippen molar-refractivity contribution in [2.45, 2.75) is 37.9 Å². The lowest BCUT2D eigenvalue weighted by atomic mass is 10.1. The number of benzene rings is 6. The monoisotopic (exact) mass is 842 g/mol. The van der Waals surface area contributed by atoms with E-state index in [2.05, 4.69) is 101 Å². The second kappa shape index (κ2) is 19.7. The Kier molecular flexibility index (Phi) is 14.6. The molecule has 2 aliphatic heterocycles. The molecule has 6 aromatic rings. The summed E-state index contributed by atoms with van der Waals surface area (Å²) in [6.07, 6.45) is 2.06. The Morgan fingerprint density at radius 2 is 1.09 bits per heavy atom. The molecule has 1 N–H and O–H groups in total. The fourth-order valence-electron chi connectivity index (χ4n) is 6.72. The van der Waals surface area contributed by atoms with Gasteiger partial charge in [0, 0.05) is 54.4 Å². The Labute approximate surface area is 343 Å². The van der Waals surface area contributed by atoms with Crippen LogP contribution in [-0.2, 0) is 0 Å². The smallest absolute Gasteiger partial charge is 0.120 e. The van der Waals surface area contributed by atoms with Gasteiger partial charge in [0.15, 0.2) is 0 Å². The molecule has 6 aromatic carbocycles. The van der Waals surface area contributed by atoms with Gasteiger partial charge in [-0.1, -0.05) is 99.8 Å². The Bertz CT molecular complexity index is 2090. The van der Waals surface area contributed by atoms with E-state index in [4.69, 9.17) is 42.1 Å². The third-order valence-corrected chi connectivity index (χ3v) is 10.5. The number of hydrogen-bond acceptors (Lipinski definition) is 6. The molecule has 8 rings (SSSR count). The quantitative estimate of drug-likeness (QED) is 0.131. The van der Waals surface area contributed by atoms with Crippen LogP contribution >= 0.6 is 39.1 Å². The highest BCUT2D eigenvalue weighted by atomic mass is 79.9. The van der Waals surface area contributed by atoms with Crippen molar-refractivity contribution in [1.82, 2.24) is 10.2 Å². The molecule has 2 heterocycles. The van der Waals surface area contributed by atoms with Crippen molar-refractivity contribution in [2.24, 2.45) is 0 Å². The Morgan fingerprint density at radius 3 is 1.60 bits per heavy atom. The van der Waals surface area contributed by atoms with E-state index in [1.165, 1.54) is 21.5 Å². The molecular weight excluding hydrogens is 795 g/mol. The highest BCUT2D eigenvalue weighted by Crippen LogP contribution is 2.29. The van der Waals surface area contributed by atoms with Crippen LogP contribution in [0.4, 0.5) is 0 Å². The van der Waals surface area contributed by atoms with Crippen LogP contribution in [0.5, 0.6) is 23.0 Å². The minimum absolute atomic E-state index is 0.0617. The van der Waals surface area contributed by atoms with Gasteiger partial charge in [-0.2, -0.15) is 0 Å². The molecule has 2 unspecified atom stereocenters. The Morgan fingerprint density at radius 1 is 0.600 bits per heavy atom. The number of likely N-dealkylation sites (tertiary alicyclic amines) is 1. The maximum absolute atomic E-state index is 6.22. The van der Waals surface area contributed by atoms with Gasteiger partial charge in [-0.05, 0) is 115 Å². The van der Waals surface area contributed by atoms with Gasteiger partial charge in [0.05, 0.1) is 6.61 Å². The van der Waals surface area contributed by atoms with Gasteiger partial charge in [-0.25, -0.2) is 0 Å². The van der Waals surface area contributed by atoms with Crippen molar-refractivity contribution in [3.8, 4) is 23.0 Å². The van der Waals surface area contributed by atoms with Crippen LogP contribution in [0.25, 0.3) is 21.5 Å². The second-order valence-corrected chi connectivity index (χ2v) is 16.0. The van der Waals surface area contributed by atoms with Crippen LogP contribution in [0, 0.1) is 0 Å². The summed E-state index contributed by atoms with van der Waals surface area (Å²) in [6.45, 7) is 10.4. The van der Waals surface area contributed by atoms with Gasteiger partial charge < -0.3 is 24.3 Å². The summed E-state index contributed by atoms with van der Waals surface area (Å²) in [5.74, 6) is 3.62. The molecule has 6 nitrogen and oxygen atoms in total. The summed E-state index contributed by atoms with van der Waals surface area (Å²) in [7, 11) is 0. The molecule has 9 heteroatoms. The van der Waals surface area contributed by atoms with E-state index in [1.54, 1.807) is 0 Å². The van der Waals surface area contributed by atoms with Gasteiger partial charge in [-0.15, -0.1) is 0 Å². The fraction of sp³-hybridized carbons (Fsp3) is 0.304. The zero-order chi connectivity index (χ0) is 38.5. The molecule has 2 atom stereocenters. The average Bonchev–Trinajstić information content (AvgIpc) is 3.80. The number of ether oxygens (including phenoxy) is 4. The van der Waals surface area contributed by atoms with Crippen LogP contribution in [0.15, 0.2) is 133 Å². The molecule has 0 aliphatic carbocycles. The predicted molar refractivity (Wildman–Crippen MR) is 232 cm³/mol. The average molecular weight is 845 g/mol. The third kappa shape index (κ3) is 12.5. The molecule has 55 heavy (non-hydrogen) atoms. The standard InChI is InChI=1S/C23H24ClNO2.C12H11BrO.C11H14ClNO/c1-23(27-21-10-7-20(24)8-11-21)12-13-25(17-23)14-15-26-22-9-6-18-4-2-3-5-19(18)16-22;13-7-8-14-12-6-5-10-3-1-2-4-11(10)9-12;1-11(6-7-13-8-11)14-10-4-2-9(12)3-5-10/h2-11,16H,12-15,17H2,1H3;1-6,9H,7-8H2;2-5,13H,6-8H2,1H3. The fourth-order valence-corrected chi connectivity index (χ4v) is 7.13. The lowest BCUT2D eigenvalue weighted by Crippen LogP contribution is -2.37. The molecule has 2 fully saturated rings. The number of alkyl halides is 1. The normalized spacial score (nSPS) is 19.2. The highest BCUT2D eigenvalue weighted by molar-refractivity contribution is 9.09. The van der Waals surface area contributed by atoms with E-state index >= 15 is 0 Å². The maximum Gasteiger partial charge on any atom is 0.120 e. The molecule has 2 aliphatic rings. The van der Waals surface area contributed by atoms with Gasteiger partial charge in [0.25, 0.3) is 0 Å². The number of nitrogens with zero attached hydrogens (tertiary/aromatic N) is 1. The van der Waals surface area contributed by atoms with E-state index in [0.29, 0.717) is 13.2 Å². The van der Waals surface area contributed by atoms with Gasteiger partial charge in [-0.3, -0.25) is 4.90 Å². The molecule has 2 saturated heterocycles. The van der Waals surface area contributed by atoms with E-state index in [1.807, 2.05) is 72.8 Å². The third-order valence-electron chi connectivity index (χ3n) is 9.66. The summed E-state index contributed by atoms with van der Waals surface area (Å²) >= 11 is 15.1. The summed E-state index contributed by atoms with van der Waals surface area (Å²) in [6, 6.07) is 44.1. The molecular formula is C46H49BrCl2N2O4. The molecule has 0 aromatic heterocycles. The van der Waals surface area contributed by atoms with E-state index in [9.17, 15) is 0 Å². The van der Waals surface area contributed by atoms with Gasteiger partial charge in [0.2, 0.25) is 0 Å². The first-order valence-electron chi connectivity index (χ1n) is 18.8. The van der Waals surface area contributed by atoms with Crippen molar-refractivity contribution in [3.63, 3.8) is 0 Å². The number of nitrogens with one attached hydrogen (secondary N) is 1. The lowest BCUT2D eigenvalue weighted by molar-refractivity contribution is 0.0935. The molecule has 0 saturated carbocycles. The van der Waals surface area contributed by atoms with Gasteiger partial charge in [0.1, 0.15) is 40.8 Å². The van der Waals surface area contributed by atoms with Crippen LogP contribution in [0.3, 0.4) is 0 Å². The summed E-state index contributed by atoms with van der Waals surface area (Å²) < 4.78 is 23.6. The predicted octanol–water partition coefficient (Wildman–Crippen LogP) is 11.5. The van der Waals surface area contributed by atoms with Crippen molar-refractivity contribution in [1.29, 1.82) is 0 Å². The summed E-state index contributed by atoms with van der Waals surface area (Å²) in [5.41, 5.74) is -0.232. The van der Waals surface area contributed by atoms with Crippen molar-refractivity contribution in [3.05, 3.63) is 144 Å². The van der Waals surface area contributed by atoms with Crippen LogP contribution < -0.4 is 24.3 Å². The first-order chi connectivity index (χ1) is 26.7. The number of rotatable bonds is 11. The first-order valence-corrected chi connectivity index (χ1v) is 20.7. The topological polar surface area (TPSA) is 52.2 Å². The van der Waals surface area contributed by atoms with E-state index in [-0.39, 0.29) is 11.2 Å². The molecule has 0 radical (unpaired) electrons. The number of hydrogen-bond donors (Lipinski definition) is 1.